The second-order valence-corrected chi connectivity index (χ2v) is 13.4. The molecule has 1 aromatic carbocycles. The average Bonchev–Trinajstić information content (AvgIpc) is 3.84. The maximum atomic E-state index is 15.1. The first-order chi connectivity index (χ1) is 20.5. The molecular formula is C29H25Cl2FN6O4S. The van der Waals surface area contributed by atoms with Crippen molar-refractivity contribution in [3.05, 3.63) is 81.6 Å². The maximum absolute atomic E-state index is 15.1. The second kappa shape index (κ2) is 11.0. The van der Waals surface area contributed by atoms with Gasteiger partial charge in [-0.3, -0.25) is 4.79 Å². The van der Waals surface area contributed by atoms with Crippen LogP contribution in [-0.2, 0) is 14.6 Å². The predicted octanol–water partition coefficient (Wildman–Crippen LogP) is 4.45. The fourth-order valence-corrected chi connectivity index (χ4v) is 7.58. The van der Waals surface area contributed by atoms with Gasteiger partial charge in [0, 0.05) is 31.9 Å². The largest absolute Gasteiger partial charge is 0.355 e. The summed E-state index contributed by atoms with van der Waals surface area (Å²) >= 11 is 13.1. The van der Waals surface area contributed by atoms with E-state index in [0.29, 0.717) is 37.9 Å². The first-order valence-corrected chi connectivity index (χ1v) is 15.8. The number of fused-ring (bicyclic) bond motifs is 1. The molecule has 1 aliphatic carbocycles. The number of carbonyl (C=O) groups excluding carboxylic acids is 1. The van der Waals surface area contributed by atoms with Crippen LogP contribution in [0, 0.1) is 5.82 Å². The van der Waals surface area contributed by atoms with Crippen LogP contribution in [0.25, 0.3) is 28.0 Å². The lowest BCUT2D eigenvalue weighted by molar-refractivity contribution is -0.126. The third kappa shape index (κ3) is 5.07. The molecule has 0 unspecified atom stereocenters. The summed E-state index contributed by atoms with van der Waals surface area (Å²) in [7, 11) is -3.86. The van der Waals surface area contributed by atoms with Crippen LogP contribution in [0.15, 0.2) is 65.1 Å². The smallest absolute Gasteiger partial charge is 0.350 e. The van der Waals surface area contributed by atoms with E-state index in [0.717, 1.165) is 4.57 Å². The molecule has 1 aliphatic heterocycles. The van der Waals surface area contributed by atoms with Crippen LogP contribution < -0.4 is 10.6 Å². The highest BCUT2D eigenvalue weighted by atomic mass is 35.5. The fraction of sp³-hybridized carbons (Fsp3) is 0.276. The SMILES string of the molecule is C=CC(=O)N1CCN(c2nc(=O)n(-c3cccnc3S(=O)(=O)C3CC3)c3nc(-c4c(F)cccc4Cl)c(Cl)cc23)[C@@H](C)C1. The number of hydrogen-bond donors (Lipinski definition) is 0. The number of anilines is 1. The normalized spacial score (nSPS) is 17.3. The number of aromatic nitrogens is 4. The van der Waals surface area contributed by atoms with E-state index in [1.807, 2.05) is 11.8 Å². The zero-order chi connectivity index (χ0) is 30.6. The standard InChI is InChI=1S/C29H25Cl2FN6O4S/c1-3-23(39)36-12-13-37(16(2)15-36)26-18-14-20(31)25(24-19(30)6-4-7-21(24)32)34-27(18)38(29(40)35-26)22-8-5-11-33-28(22)43(41,42)17-9-10-17/h3-8,11,14,16-17H,1,9-10,12-13,15H2,2H3/t16-/m0/s1. The van der Waals surface area contributed by atoms with Gasteiger partial charge in [0.1, 0.15) is 11.6 Å². The van der Waals surface area contributed by atoms with Crippen molar-refractivity contribution in [3.8, 4) is 16.9 Å². The van der Waals surface area contributed by atoms with Gasteiger partial charge in [-0.05, 0) is 56.2 Å². The van der Waals surface area contributed by atoms with Crippen molar-refractivity contribution in [2.75, 3.05) is 24.5 Å². The summed E-state index contributed by atoms with van der Waals surface area (Å²) in [5.74, 6) is -0.651. The Hall–Kier alpha value is -3.87. The number of sulfone groups is 1. The number of pyridine rings is 2. The molecule has 0 N–H and O–H groups in total. The summed E-state index contributed by atoms with van der Waals surface area (Å²) in [6, 6.07) is 8.35. The molecule has 1 saturated heterocycles. The zero-order valence-electron chi connectivity index (χ0n) is 22.9. The van der Waals surface area contributed by atoms with Gasteiger partial charge < -0.3 is 9.80 Å². The highest BCUT2D eigenvalue weighted by molar-refractivity contribution is 7.92. The number of piperazine rings is 1. The molecule has 1 amide bonds. The Balaban J connectivity index is 1.64. The molecule has 14 heteroatoms. The van der Waals surface area contributed by atoms with E-state index in [4.69, 9.17) is 23.2 Å². The van der Waals surface area contributed by atoms with Gasteiger partial charge in [-0.1, -0.05) is 35.8 Å². The lowest BCUT2D eigenvalue weighted by Gasteiger charge is -2.40. The monoisotopic (exact) mass is 642 g/mol. The Morgan fingerprint density at radius 1 is 1.12 bits per heavy atom. The first kappa shape index (κ1) is 29.2. The number of nitrogens with zero attached hydrogens (tertiary/aromatic N) is 6. The van der Waals surface area contributed by atoms with Crippen molar-refractivity contribution in [2.24, 2.45) is 0 Å². The Morgan fingerprint density at radius 3 is 2.56 bits per heavy atom. The van der Waals surface area contributed by atoms with Crippen LogP contribution >= 0.6 is 23.2 Å². The molecule has 4 aromatic rings. The number of halogens is 3. The topological polar surface area (TPSA) is 118 Å². The van der Waals surface area contributed by atoms with Gasteiger partial charge in [-0.2, -0.15) is 4.98 Å². The number of hydrogen-bond acceptors (Lipinski definition) is 8. The Morgan fingerprint density at radius 2 is 1.88 bits per heavy atom. The first-order valence-electron chi connectivity index (χ1n) is 13.5. The van der Waals surface area contributed by atoms with Crippen molar-refractivity contribution < 1.29 is 17.6 Å². The summed E-state index contributed by atoms with van der Waals surface area (Å²) in [4.78, 5) is 42.9. The van der Waals surface area contributed by atoms with Gasteiger partial charge in [0.15, 0.2) is 10.7 Å². The van der Waals surface area contributed by atoms with Crippen molar-refractivity contribution in [3.63, 3.8) is 0 Å². The van der Waals surface area contributed by atoms with Gasteiger partial charge >= 0.3 is 5.69 Å². The van der Waals surface area contributed by atoms with E-state index in [-0.39, 0.29) is 55.4 Å². The molecule has 3 aromatic heterocycles. The number of carbonyl (C=O) groups is 1. The minimum Gasteiger partial charge on any atom is -0.350 e. The van der Waals surface area contributed by atoms with Crippen LogP contribution in [0.3, 0.4) is 0 Å². The quantitative estimate of drug-likeness (QED) is 0.283. The molecule has 222 valence electrons. The van der Waals surface area contributed by atoms with E-state index in [2.05, 4.69) is 21.5 Å². The van der Waals surface area contributed by atoms with Gasteiger partial charge in [-0.25, -0.2) is 32.1 Å². The average molecular weight is 644 g/mol. The fourth-order valence-electron chi connectivity index (χ4n) is 5.35. The summed E-state index contributed by atoms with van der Waals surface area (Å²) in [6.45, 7) is 6.45. The Kier molecular flexibility index (Phi) is 7.47. The number of rotatable bonds is 6. The molecule has 4 heterocycles. The highest BCUT2D eigenvalue weighted by Crippen LogP contribution is 2.39. The molecule has 1 saturated carbocycles. The van der Waals surface area contributed by atoms with Crippen LogP contribution in [0.4, 0.5) is 10.2 Å². The van der Waals surface area contributed by atoms with Crippen LogP contribution in [0.2, 0.25) is 10.0 Å². The molecule has 0 radical (unpaired) electrons. The van der Waals surface area contributed by atoms with Crippen molar-refractivity contribution in [2.45, 2.75) is 36.1 Å². The van der Waals surface area contributed by atoms with Crippen molar-refractivity contribution >= 4 is 55.8 Å². The third-order valence-electron chi connectivity index (χ3n) is 7.61. The molecule has 2 fully saturated rings. The summed E-state index contributed by atoms with van der Waals surface area (Å²) in [6.07, 6.45) is 3.58. The van der Waals surface area contributed by atoms with Gasteiger partial charge in [-0.15, -0.1) is 0 Å². The van der Waals surface area contributed by atoms with Gasteiger partial charge in [0.25, 0.3) is 0 Å². The molecule has 10 nitrogen and oxygen atoms in total. The van der Waals surface area contributed by atoms with E-state index in [9.17, 15) is 18.0 Å². The van der Waals surface area contributed by atoms with Gasteiger partial charge in [0.2, 0.25) is 15.7 Å². The highest BCUT2D eigenvalue weighted by Gasteiger charge is 2.40. The molecule has 6 rings (SSSR count). The molecule has 1 atom stereocenters. The summed E-state index contributed by atoms with van der Waals surface area (Å²) < 4.78 is 42.9. The van der Waals surface area contributed by atoms with Crippen molar-refractivity contribution in [1.82, 2.24) is 24.4 Å². The zero-order valence-corrected chi connectivity index (χ0v) is 25.2. The minimum atomic E-state index is -3.86. The third-order valence-corrected chi connectivity index (χ3v) is 10.4. The lowest BCUT2D eigenvalue weighted by atomic mass is 10.1. The second-order valence-electron chi connectivity index (χ2n) is 10.4. The molecule has 2 aliphatic rings. The molecule has 43 heavy (non-hydrogen) atoms. The molecular weight excluding hydrogens is 618 g/mol. The minimum absolute atomic E-state index is 0.00855. The van der Waals surface area contributed by atoms with E-state index in [1.54, 1.807) is 4.90 Å². The summed E-state index contributed by atoms with van der Waals surface area (Å²) in [5.41, 5.74) is -0.966. The Bertz CT molecular complexity index is 1960. The van der Waals surface area contributed by atoms with E-state index in [1.165, 1.54) is 48.7 Å². The van der Waals surface area contributed by atoms with Gasteiger partial charge in [0.05, 0.1) is 37.6 Å². The maximum Gasteiger partial charge on any atom is 0.355 e. The van der Waals surface area contributed by atoms with Crippen LogP contribution in [0.1, 0.15) is 19.8 Å². The van der Waals surface area contributed by atoms with Crippen molar-refractivity contribution in [1.29, 1.82) is 0 Å². The number of benzene rings is 1. The molecule has 0 spiro atoms. The van der Waals surface area contributed by atoms with E-state index >= 15 is 4.39 Å². The van der Waals surface area contributed by atoms with Crippen LogP contribution in [0.5, 0.6) is 0 Å². The lowest BCUT2D eigenvalue weighted by Crippen LogP contribution is -2.54. The summed E-state index contributed by atoms with van der Waals surface area (Å²) in [5, 5.41) is -0.469. The van der Waals surface area contributed by atoms with E-state index < -0.39 is 26.6 Å². The van der Waals surface area contributed by atoms with Crippen LogP contribution in [-0.4, -0.2) is 69.7 Å². The Labute approximate surface area is 256 Å². The number of amides is 1. The predicted molar refractivity (Wildman–Crippen MR) is 162 cm³/mol. The molecule has 0 bridgehead atoms.